The maximum absolute atomic E-state index is 11.8. The summed E-state index contributed by atoms with van der Waals surface area (Å²) in [7, 11) is 0. The molecule has 0 bridgehead atoms. The van der Waals surface area contributed by atoms with Gasteiger partial charge in [-0.15, -0.1) is 0 Å². The van der Waals surface area contributed by atoms with Crippen molar-refractivity contribution < 1.29 is 19.5 Å². The topological polar surface area (TPSA) is 81.3 Å². The zero-order valence-corrected chi connectivity index (χ0v) is 22.4. The van der Waals surface area contributed by atoms with Gasteiger partial charge in [0.1, 0.15) is 0 Å². The van der Waals surface area contributed by atoms with Crippen molar-refractivity contribution in [1.82, 2.24) is 9.13 Å². The van der Waals surface area contributed by atoms with Crippen LogP contribution in [0.25, 0.3) is 21.8 Å². The predicted molar refractivity (Wildman–Crippen MR) is 145 cm³/mol. The highest BCUT2D eigenvalue weighted by molar-refractivity contribution is 6.09. The lowest BCUT2D eigenvalue weighted by Crippen LogP contribution is -2.19. The van der Waals surface area contributed by atoms with Crippen LogP contribution >= 0.6 is 0 Å². The van der Waals surface area contributed by atoms with E-state index in [2.05, 4.69) is 4.57 Å². The van der Waals surface area contributed by atoms with Gasteiger partial charge in [0.25, 0.3) is 0 Å². The highest BCUT2D eigenvalue weighted by atomic mass is 16.3. The van der Waals surface area contributed by atoms with Crippen LogP contribution in [0.1, 0.15) is 85.7 Å². The lowest BCUT2D eigenvalue weighted by Gasteiger charge is -2.20. The van der Waals surface area contributed by atoms with Gasteiger partial charge in [0, 0.05) is 44.3 Å². The van der Waals surface area contributed by atoms with E-state index in [9.17, 15) is 19.5 Å². The SMILES string of the molecule is CC(=O)c1c(C)n(C(C)C(C)=O)c2ccccc12.CC(=O)c1c(C)n(C(C)C(C)O)c2ccccc12. The zero-order chi connectivity index (χ0) is 26.9. The largest absolute Gasteiger partial charge is 0.391 e. The van der Waals surface area contributed by atoms with Crippen LogP contribution in [0.4, 0.5) is 0 Å². The van der Waals surface area contributed by atoms with Crippen molar-refractivity contribution in [2.24, 2.45) is 0 Å². The van der Waals surface area contributed by atoms with Crippen LogP contribution in [0, 0.1) is 13.8 Å². The fourth-order valence-corrected chi connectivity index (χ4v) is 5.09. The molecule has 0 fully saturated rings. The van der Waals surface area contributed by atoms with Crippen LogP contribution in [0.3, 0.4) is 0 Å². The highest BCUT2D eigenvalue weighted by Gasteiger charge is 2.23. The van der Waals surface area contributed by atoms with Crippen LogP contribution in [0.2, 0.25) is 0 Å². The molecule has 0 saturated carbocycles. The molecule has 3 atom stereocenters. The number of carbonyl (C=O) groups excluding carboxylic acids is 3. The Kier molecular flexibility index (Phi) is 7.99. The molecule has 2 aromatic heterocycles. The molecule has 0 saturated heterocycles. The molecule has 0 radical (unpaired) electrons. The number of fused-ring (bicyclic) bond motifs is 2. The van der Waals surface area contributed by atoms with E-state index in [1.807, 2.05) is 80.8 Å². The van der Waals surface area contributed by atoms with Crippen LogP contribution < -0.4 is 0 Å². The molecular weight excluding hydrogens is 452 g/mol. The number of rotatable bonds is 6. The minimum atomic E-state index is -0.459. The van der Waals surface area contributed by atoms with E-state index < -0.39 is 6.10 Å². The Morgan fingerprint density at radius 3 is 1.47 bits per heavy atom. The first kappa shape index (κ1) is 27.1. The number of Topliss-reactive ketones (excluding diaryl/α,β-unsaturated/α-hetero) is 3. The van der Waals surface area contributed by atoms with E-state index in [0.29, 0.717) is 0 Å². The number of benzene rings is 2. The third-order valence-corrected chi connectivity index (χ3v) is 7.10. The van der Waals surface area contributed by atoms with Gasteiger partial charge in [-0.1, -0.05) is 36.4 Å². The molecule has 190 valence electrons. The molecule has 6 nitrogen and oxygen atoms in total. The van der Waals surface area contributed by atoms with Crippen molar-refractivity contribution in [1.29, 1.82) is 0 Å². The van der Waals surface area contributed by atoms with E-state index in [1.165, 1.54) is 0 Å². The van der Waals surface area contributed by atoms with Crippen molar-refractivity contribution in [3.8, 4) is 0 Å². The molecule has 2 aromatic carbocycles. The Balaban J connectivity index is 0.000000201. The van der Waals surface area contributed by atoms with Crippen LogP contribution in [0.15, 0.2) is 48.5 Å². The molecule has 0 amide bonds. The Morgan fingerprint density at radius 2 is 1.08 bits per heavy atom. The first-order valence-corrected chi connectivity index (χ1v) is 12.3. The minimum absolute atomic E-state index is 0.0400. The zero-order valence-electron chi connectivity index (χ0n) is 22.4. The predicted octanol–water partition coefficient (Wildman–Crippen LogP) is 6.40. The van der Waals surface area contributed by atoms with Gasteiger partial charge in [-0.05, 0) is 67.5 Å². The Morgan fingerprint density at radius 1 is 0.694 bits per heavy atom. The van der Waals surface area contributed by atoms with Crippen LogP contribution in [-0.4, -0.2) is 37.7 Å². The molecule has 0 aliphatic rings. The van der Waals surface area contributed by atoms with Crippen molar-refractivity contribution in [2.45, 2.75) is 73.6 Å². The molecule has 0 spiro atoms. The van der Waals surface area contributed by atoms with Crippen LogP contribution in [0.5, 0.6) is 0 Å². The molecule has 4 aromatic rings. The summed E-state index contributed by atoms with van der Waals surface area (Å²) in [4.78, 5) is 35.2. The number of aliphatic hydroxyl groups excluding tert-OH is 1. The average Bonchev–Trinajstić information content (AvgIpc) is 3.28. The maximum Gasteiger partial charge on any atom is 0.162 e. The van der Waals surface area contributed by atoms with Gasteiger partial charge < -0.3 is 14.2 Å². The molecule has 2 heterocycles. The molecule has 36 heavy (non-hydrogen) atoms. The Labute approximate surface area is 212 Å². The van der Waals surface area contributed by atoms with E-state index in [1.54, 1.807) is 27.7 Å². The second-order valence-electron chi connectivity index (χ2n) is 9.58. The third kappa shape index (κ3) is 4.78. The summed E-state index contributed by atoms with van der Waals surface area (Å²) in [6, 6.07) is 15.3. The molecule has 0 aliphatic heterocycles. The third-order valence-electron chi connectivity index (χ3n) is 7.10. The number of aliphatic hydroxyl groups is 1. The van der Waals surface area contributed by atoms with E-state index in [-0.39, 0.29) is 29.4 Å². The second-order valence-corrected chi connectivity index (χ2v) is 9.58. The van der Waals surface area contributed by atoms with Crippen LogP contribution in [-0.2, 0) is 4.79 Å². The van der Waals surface area contributed by atoms with Crippen molar-refractivity contribution in [3.63, 3.8) is 0 Å². The summed E-state index contributed by atoms with van der Waals surface area (Å²) < 4.78 is 4.01. The van der Waals surface area contributed by atoms with Gasteiger partial charge in [0.15, 0.2) is 17.3 Å². The molecule has 3 unspecified atom stereocenters. The Bertz CT molecular complexity index is 1450. The Hall–Kier alpha value is -3.51. The van der Waals surface area contributed by atoms with Gasteiger partial charge in [-0.2, -0.15) is 0 Å². The maximum atomic E-state index is 11.8. The van der Waals surface area contributed by atoms with E-state index in [4.69, 9.17) is 0 Å². The van der Waals surface area contributed by atoms with Crippen molar-refractivity contribution in [2.75, 3.05) is 0 Å². The highest BCUT2D eigenvalue weighted by Crippen LogP contribution is 2.31. The lowest BCUT2D eigenvalue weighted by atomic mass is 10.1. The summed E-state index contributed by atoms with van der Waals surface area (Å²) in [5, 5.41) is 11.7. The quantitative estimate of drug-likeness (QED) is 0.319. The van der Waals surface area contributed by atoms with E-state index in [0.717, 1.165) is 44.3 Å². The summed E-state index contributed by atoms with van der Waals surface area (Å²) in [6.45, 7) is 14.2. The molecule has 4 rings (SSSR count). The van der Waals surface area contributed by atoms with Gasteiger partial charge in [-0.25, -0.2) is 0 Å². The van der Waals surface area contributed by atoms with Crippen molar-refractivity contribution in [3.05, 3.63) is 71.0 Å². The summed E-state index contributed by atoms with van der Waals surface area (Å²) in [5.41, 5.74) is 5.23. The molecule has 6 heteroatoms. The standard InChI is InChI=1S/C15H19NO2.C15H17NO2/c2*1-9(11(3)17)16-10(2)15(12(4)18)13-7-5-6-8-14(13)16/h5-9,11,17H,1-4H3;5-9H,1-4H3. The van der Waals surface area contributed by atoms with Gasteiger partial charge >= 0.3 is 0 Å². The molecule has 0 aliphatic carbocycles. The van der Waals surface area contributed by atoms with Gasteiger partial charge in [-0.3, -0.25) is 14.4 Å². The van der Waals surface area contributed by atoms with Gasteiger partial charge in [0.2, 0.25) is 0 Å². The number of hydrogen-bond acceptors (Lipinski definition) is 4. The number of carbonyl (C=O) groups is 3. The molecule has 1 N–H and O–H groups in total. The summed E-state index contributed by atoms with van der Waals surface area (Å²) >= 11 is 0. The summed E-state index contributed by atoms with van der Waals surface area (Å²) in [6.07, 6.45) is -0.459. The van der Waals surface area contributed by atoms with Crippen molar-refractivity contribution >= 4 is 39.2 Å². The number of nitrogens with zero attached hydrogens (tertiary/aromatic N) is 2. The second kappa shape index (κ2) is 10.6. The average molecular weight is 489 g/mol. The number of hydrogen-bond donors (Lipinski definition) is 1. The summed E-state index contributed by atoms with van der Waals surface area (Å²) in [5.74, 6) is 0.201. The normalized spacial score (nSPS) is 13.7. The fourth-order valence-electron chi connectivity index (χ4n) is 5.09. The smallest absolute Gasteiger partial charge is 0.162 e. The first-order valence-electron chi connectivity index (χ1n) is 12.3. The number of para-hydroxylation sites is 2. The first-order chi connectivity index (χ1) is 16.9. The monoisotopic (exact) mass is 488 g/mol. The fraction of sp³-hybridized carbons (Fsp3) is 0.367. The number of ketones is 3. The van der Waals surface area contributed by atoms with E-state index >= 15 is 0 Å². The minimum Gasteiger partial charge on any atom is -0.391 e. The van der Waals surface area contributed by atoms with Gasteiger partial charge in [0.05, 0.1) is 18.2 Å². The number of aromatic nitrogens is 2. The molecular formula is C30H36N2O4. The lowest BCUT2D eigenvalue weighted by molar-refractivity contribution is -0.119.